The van der Waals surface area contributed by atoms with E-state index < -0.39 is 23.6 Å². The van der Waals surface area contributed by atoms with Crippen molar-refractivity contribution >= 4 is 35.4 Å². The van der Waals surface area contributed by atoms with E-state index in [9.17, 15) is 19.2 Å². The zero-order valence-electron chi connectivity index (χ0n) is 16.3. The number of hydrogen-bond acceptors (Lipinski definition) is 5. The number of imide groups is 1. The lowest BCUT2D eigenvalue weighted by Crippen LogP contribution is -2.35. The van der Waals surface area contributed by atoms with Crippen LogP contribution in [0.25, 0.3) is 17.4 Å². The maximum Gasteiger partial charge on any atom is 0.282 e. The fourth-order valence-electron chi connectivity index (χ4n) is 3.56. The summed E-state index contributed by atoms with van der Waals surface area (Å²) in [5.74, 6) is -1.16. The summed E-state index contributed by atoms with van der Waals surface area (Å²) < 4.78 is 5.77. The van der Waals surface area contributed by atoms with Gasteiger partial charge in [0.25, 0.3) is 23.6 Å². The Morgan fingerprint density at radius 1 is 0.871 bits per heavy atom. The van der Waals surface area contributed by atoms with E-state index in [0.29, 0.717) is 28.3 Å². The molecular weight excluding hydrogens is 398 g/mol. The van der Waals surface area contributed by atoms with Crippen LogP contribution in [-0.4, -0.2) is 23.6 Å². The van der Waals surface area contributed by atoms with Gasteiger partial charge in [-0.25, -0.2) is 5.01 Å². The third kappa shape index (κ3) is 3.10. The zero-order chi connectivity index (χ0) is 21.7. The molecule has 3 aromatic rings. The highest BCUT2D eigenvalue weighted by Gasteiger charge is 2.35. The first-order valence-electron chi connectivity index (χ1n) is 9.44. The second kappa shape index (κ2) is 6.81. The van der Waals surface area contributed by atoms with Gasteiger partial charge >= 0.3 is 0 Å². The number of aryl methyl sites for hydroxylation is 1. The number of nitrogens with one attached hydrogen (secondary N) is 2. The Hall–Kier alpha value is -4.46. The highest BCUT2D eigenvalue weighted by Crippen LogP contribution is 2.28. The van der Waals surface area contributed by atoms with Gasteiger partial charge in [0.1, 0.15) is 17.1 Å². The molecule has 0 unspecified atom stereocenters. The van der Waals surface area contributed by atoms with Crippen LogP contribution < -0.4 is 15.8 Å². The first-order chi connectivity index (χ1) is 14.9. The molecule has 1 aromatic heterocycles. The molecule has 8 nitrogen and oxygen atoms in total. The van der Waals surface area contributed by atoms with Crippen LogP contribution in [0.15, 0.2) is 64.6 Å². The van der Waals surface area contributed by atoms with Crippen molar-refractivity contribution in [2.45, 2.75) is 6.92 Å². The van der Waals surface area contributed by atoms with Gasteiger partial charge in [0.05, 0.1) is 16.8 Å². The normalized spacial score (nSPS) is 16.7. The van der Waals surface area contributed by atoms with Crippen LogP contribution >= 0.6 is 0 Å². The van der Waals surface area contributed by atoms with Crippen molar-refractivity contribution in [2.24, 2.45) is 0 Å². The fraction of sp³-hybridized carbons (Fsp3) is 0.0435. The highest BCUT2D eigenvalue weighted by molar-refractivity contribution is 6.31. The van der Waals surface area contributed by atoms with Crippen LogP contribution in [0.1, 0.15) is 32.0 Å². The third-order valence-electron chi connectivity index (χ3n) is 5.09. The summed E-state index contributed by atoms with van der Waals surface area (Å²) in [5, 5.41) is 3.44. The number of carbonyl (C=O) groups excluding carboxylic acids is 4. The summed E-state index contributed by atoms with van der Waals surface area (Å²) in [7, 11) is 0. The molecule has 0 spiro atoms. The van der Waals surface area contributed by atoms with Crippen molar-refractivity contribution in [3.63, 3.8) is 0 Å². The van der Waals surface area contributed by atoms with Gasteiger partial charge in [0.15, 0.2) is 0 Å². The van der Waals surface area contributed by atoms with Crippen molar-refractivity contribution in [3.05, 3.63) is 82.6 Å². The first-order valence-corrected chi connectivity index (χ1v) is 9.44. The van der Waals surface area contributed by atoms with E-state index in [1.54, 1.807) is 48.5 Å². The number of carbonyl (C=O) groups is 4. The molecule has 0 radical (unpaired) electrons. The fourth-order valence-corrected chi connectivity index (χ4v) is 3.56. The quantitative estimate of drug-likeness (QED) is 0.390. The Morgan fingerprint density at radius 3 is 2.48 bits per heavy atom. The Morgan fingerprint density at radius 2 is 1.68 bits per heavy atom. The van der Waals surface area contributed by atoms with Crippen LogP contribution in [0.4, 0.5) is 5.69 Å². The lowest BCUT2D eigenvalue weighted by molar-refractivity contribution is -0.117. The van der Waals surface area contributed by atoms with E-state index in [4.69, 9.17) is 4.42 Å². The molecule has 5 rings (SSSR count). The number of hydrazine groups is 1. The second-order valence-corrected chi connectivity index (χ2v) is 7.22. The maximum absolute atomic E-state index is 12.8. The van der Waals surface area contributed by atoms with Crippen molar-refractivity contribution in [3.8, 4) is 11.3 Å². The van der Waals surface area contributed by atoms with Gasteiger partial charge in [-0.05, 0) is 55.0 Å². The van der Waals surface area contributed by atoms with Crippen LogP contribution in [0.3, 0.4) is 0 Å². The molecule has 0 bridgehead atoms. The summed E-state index contributed by atoms with van der Waals surface area (Å²) in [6.45, 7) is 1.89. The number of benzene rings is 2. The van der Waals surface area contributed by atoms with Crippen molar-refractivity contribution < 1.29 is 23.6 Å². The molecular formula is C23H15N3O5. The molecule has 31 heavy (non-hydrogen) atoms. The zero-order valence-corrected chi connectivity index (χ0v) is 16.3. The molecule has 152 valence electrons. The summed E-state index contributed by atoms with van der Waals surface area (Å²) in [6, 6.07) is 15.3. The van der Waals surface area contributed by atoms with E-state index in [1.807, 2.05) is 13.0 Å². The third-order valence-corrected chi connectivity index (χ3v) is 5.09. The summed E-state index contributed by atoms with van der Waals surface area (Å²) in [5.41, 5.74) is 5.20. The number of furan rings is 1. The summed E-state index contributed by atoms with van der Waals surface area (Å²) in [6.07, 6.45) is 1.38. The van der Waals surface area contributed by atoms with Gasteiger partial charge in [0, 0.05) is 5.56 Å². The minimum atomic E-state index is -0.530. The maximum atomic E-state index is 12.8. The monoisotopic (exact) mass is 413 g/mol. The second-order valence-electron chi connectivity index (χ2n) is 7.22. The molecule has 3 heterocycles. The molecule has 0 atom stereocenters. The van der Waals surface area contributed by atoms with Gasteiger partial charge in [-0.1, -0.05) is 18.2 Å². The lowest BCUT2D eigenvalue weighted by atomic mass is 10.0. The summed E-state index contributed by atoms with van der Waals surface area (Å²) in [4.78, 5) is 48.7. The van der Waals surface area contributed by atoms with Crippen LogP contribution in [-0.2, 0) is 9.59 Å². The molecule has 2 aromatic carbocycles. The number of rotatable bonds is 3. The van der Waals surface area contributed by atoms with Crippen molar-refractivity contribution in [1.29, 1.82) is 0 Å². The smallest absolute Gasteiger partial charge is 0.282 e. The minimum absolute atomic E-state index is 0.0543. The molecule has 4 amide bonds. The van der Waals surface area contributed by atoms with Gasteiger partial charge in [0.2, 0.25) is 0 Å². The van der Waals surface area contributed by atoms with E-state index >= 15 is 0 Å². The van der Waals surface area contributed by atoms with E-state index in [0.717, 1.165) is 5.56 Å². The largest absolute Gasteiger partial charge is 0.457 e. The van der Waals surface area contributed by atoms with Gasteiger partial charge < -0.3 is 4.42 Å². The van der Waals surface area contributed by atoms with Gasteiger partial charge in [-0.2, -0.15) is 0 Å². The Bertz CT molecular complexity index is 1330. The average Bonchev–Trinajstić information content (AvgIpc) is 3.41. The van der Waals surface area contributed by atoms with E-state index in [1.165, 1.54) is 11.1 Å². The van der Waals surface area contributed by atoms with Crippen LogP contribution in [0, 0.1) is 6.92 Å². The average molecular weight is 413 g/mol. The number of anilines is 1. The molecule has 0 aliphatic carbocycles. The molecule has 2 aliphatic heterocycles. The topological polar surface area (TPSA) is 109 Å². The molecule has 0 saturated carbocycles. The number of amides is 4. The Labute approximate surface area is 176 Å². The number of nitrogens with zero attached hydrogens (tertiary/aromatic N) is 1. The lowest BCUT2D eigenvalue weighted by Gasteiger charge is -2.14. The SMILES string of the molecule is Cc1cccc(N2NC(=O)C(=Cc3ccc(-c4ccc5c(c4)C(=O)NC5=O)o3)C2=O)c1. The Balaban J connectivity index is 1.43. The van der Waals surface area contributed by atoms with Gasteiger partial charge in [-0.15, -0.1) is 0 Å². The summed E-state index contributed by atoms with van der Waals surface area (Å²) >= 11 is 0. The molecule has 2 aliphatic rings. The predicted octanol–water partition coefficient (Wildman–Crippen LogP) is 2.60. The molecule has 8 heteroatoms. The van der Waals surface area contributed by atoms with E-state index in [-0.39, 0.29) is 11.1 Å². The first kappa shape index (κ1) is 18.6. The van der Waals surface area contributed by atoms with Crippen molar-refractivity contribution in [1.82, 2.24) is 10.7 Å². The van der Waals surface area contributed by atoms with E-state index in [2.05, 4.69) is 10.7 Å². The number of hydrogen-bond donors (Lipinski definition) is 2. The predicted molar refractivity (Wildman–Crippen MR) is 111 cm³/mol. The standard InChI is InChI=1S/C23H15N3O5/c1-12-3-2-4-14(9-12)26-23(30)18(22(29)25-26)11-15-6-8-19(31-15)13-5-7-16-17(10-13)21(28)24-20(16)27/h2-11H,1H3,(H,25,29)(H,24,27,28). The number of fused-ring (bicyclic) bond motifs is 1. The molecule has 1 saturated heterocycles. The molecule has 2 N–H and O–H groups in total. The minimum Gasteiger partial charge on any atom is -0.457 e. The molecule has 1 fully saturated rings. The Kier molecular flexibility index (Phi) is 4.07. The highest BCUT2D eigenvalue weighted by atomic mass is 16.3. The van der Waals surface area contributed by atoms with Gasteiger partial charge in [-0.3, -0.25) is 29.9 Å². The van der Waals surface area contributed by atoms with Crippen LogP contribution in [0.2, 0.25) is 0 Å². The van der Waals surface area contributed by atoms with Crippen molar-refractivity contribution in [2.75, 3.05) is 5.01 Å². The van der Waals surface area contributed by atoms with Crippen LogP contribution in [0.5, 0.6) is 0 Å².